The lowest BCUT2D eigenvalue weighted by molar-refractivity contribution is 0.415. The molecule has 0 aromatic heterocycles. The first-order chi connectivity index (χ1) is 13.1. The van der Waals surface area contributed by atoms with Gasteiger partial charge in [0.05, 0.1) is 12.8 Å². The van der Waals surface area contributed by atoms with Gasteiger partial charge in [-0.15, -0.1) is 0 Å². The molecule has 4 rings (SSSR count). The van der Waals surface area contributed by atoms with E-state index in [1.807, 2.05) is 18.2 Å². The van der Waals surface area contributed by atoms with Gasteiger partial charge in [0.25, 0.3) is 0 Å². The number of aliphatic imine (C=N–C) groups is 1. The minimum atomic E-state index is 0.725. The van der Waals surface area contributed by atoms with E-state index >= 15 is 0 Å². The average molecular weight is 355 g/mol. The zero-order valence-electron chi connectivity index (χ0n) is 15.7. The molecule has 0 fully saturated rings. The molecule has 0 atom stereocenters. The van der Waals surface area contributed by atoms with E-state index in [4.69, 9.17) is 14.8 Å². The molecule has 0 radical (unpaired) electrons. The van der Waals surface area contributed by atoms with Crippen LogP contribution in [0, 0.1) is 13.8 Å². The fourth-order valence-electron chi connectivity index (χ4n) is 3.02. The number of fused-ring (bicyclic) bond motifs is 1. The predicted molar refractivity (Wildman–Crippen MR) is 110 cm³/mol. The molecule has 0 spiro atoms. The van der Waals surface area contributed by atoms with E-state index < -0.39 is 0 Å². The van der Waals surface area contributed by atoms with Crippen molar-refractivity contribution in [2.24, 2.45) is 10.1 Å². The Kier molecular flexibility index (Phi) is 4.47. The van der Waals surface area contributed by atoms with Gasteiger partial charge in [0.15, 0.2) is 5.84 Å². The molecular weight excluding hydrogens is 334 g/mol. The summed E-state index contributed by atoms with van der Waals surface area (Å²) >= 11 is 0. The number of methoxy groups -OCH3 is 1. The molecule has 3 aromatic carbocycles. The van der Waals surface area contributed by atoms with E-state index in [1.165, 1.54) is 11.1 Å². The summed E-state index contributed by atoms with van der Waals surface area (Å²) < 4.78 is 5.43. The first-order valence-corrected chi connectivity index (χ1v) is 8.89. The molecule has 1 aliphatic heterocycles. The van der Waals surface area contributed by atoms with Gasteiger partial charge in [0, 0.05) is 16.7 Å². The van der Waals surface area contributed by atoms with Gasteiger partial charge < -0.3 is 4.74 Å². The number of hydrazone groups is 1. The fraction of sp³-hybridized carbons (Fsp3) is 0.130. The molecule has 1 N–H and O–H groups in total. The van der Waals surface area contributed by atoms with E-state index in [1.54, 1.807) is 7.11 Å². The summed E-state index contributed by atoms with van der Waals surface area (Å²) in [4.78, 5) is 4.84. The largest absolute Gasteiger partial charge is 0.497 e. The minimum absolute atomic E-state index is 0.725. The Hall–Kier alpha value is -3.40. The molecule has 0 bridgehead atoms. The Bertz CT molecular complexity index is 1030. The normalized spacial score (nSPS) is 13.0. The molecule has 1 aliphatic rings. The van der Waals surface area contributed by atoms with Gasteiger partial charge in [-0.25, -0.2) is 4.99 Å². The second kappa shape index (κ2) is 7.08. The number of amidine groups is 1. The highest BCUT2D eigenvalue weighted by molar-refractivity contribution is 6.18. The Labute approximate surface area is 159 Å². The molecule has 134 valence electrons. The molecule has 1 heterocycles. The van der Waals surface area contributed by atoms with E-state index in [-0.39, 0.29) is 0 Å². The molecule has 0 amide bonds. The molecule has 4 heteroatoms. The quantitative estimate of drug-likeness (QED) is 0.737. The van der Waals surface area contributed by atoms with Crippen molar-refractivity contribution >= 4 is 17.2 Å². The third kappa shape index (κ3) is 3.47. The van der Waals surface area contributed by atoms with Crippen LogP contribution in [0.4, 0.5) is 5.69 Å². The van der Waals surface area contributed by atoms with E-state index in [0.717, 1.165) is 39.7 Å². The van der Waals surface area contributed by atoms with Crippen LogP contribution in [0.15, 0.2) is 76.8 Å². The summed E-state index contributed by atoms with van der Waals surface area (Å²) in [5.74, 6) is 1.51. The van der Waals surface area contributed by atoms with Gasteiger partial charge >= 0.3 is 0 Å². The summed E-state index contributed by atoms with van der Waals surface area (Å²) in [6, 6.07) is 22.5. The highest BCUT2D eigenvalue weighted by Gasteiger charge is 2.18. The topological polar surface area (TPSA) is 46.0 Å². The van der Waals surface area contributed by atoms with Gasteiger partial charge in [-0.2, -0.15) is 5.10 Å². The van der Waals surface area contributed by atoms with Crippen molar-refractivity contribution in [3.63, 3.8) is 0 Å². The Morgan fingerprint density at radius 1 is 0.778 bits per heavy atom. The van der Waals surface area contributed by atoms with E-state index in [2.05, 4.69) is 67.8 Å². The highest BCUT2D eigenvalue weighted by atomic mass is 16.5. The number of aryl methyl sites for hydroxylation is 2. The number of nitrogens with zero attached hydrogens (tertiary/aromatic N) is 2. The summed E-state index contributed by atoms with van der Waals surface area (Å²) in [5, 5.41) is 4.70. The molecule has 0 aliphatic carbocycles. The molecule has 3 aromatic rings. The molecule has 4 nitrogen and oxygen atoms in total. The third-order valence-corrected chi connectivity index (χ3v) is 4.61. The Morgan fingerprint density at radius 3 is 2.04 bits per heavy atom. The van der Waals surface area contributed by atoms with Crippen LogP contribution in [0.5, 0.6) is 5.75 Å². The number of rotatable bonds is 3. The first kappa shape index (κ1) is 17.0. The Balaban J connectivity index is 1.86. The van der Waals surface area contributed by atoms with Gasteiger partial charge in [0.2, 0.25) is 0 Å². The van der Waals surface area contributed by atoms with Gasteiger partial charge in [-0.05, 0) is 32.0 Å². The van der Waals surface area contributed by atoms with Crippen LogP contribution in [-0.2, 0) is 0 Å². The van der Waals surface area contributed by atoms with Crippen molar-refractivity contribution in [3.8, 4) is 5.75 Å². The van der Waals surface area contributed by atoms with Gasteiger partial charge in [-0.1, -0.05) is 59.7 Å². The fourth-order valence-corrected chi connectivity index (χ4v) is 3.02. The SMILES string of the molecule is COc1ccc2c(c1)C(c1ccc(C)cc1)=NNC(c1ccc(C)cc1)=N2. The molecule has 0 saturated heterocycles. The highest BCUT2D eigenvalue weighted by Crippen LogP contribution is 2.29. The second-order valence-electron chi connectivity index (χ2n) is 6.65. The maximum Gasteiger partial charge on any atom is 0.154 e. The van der Waals surface area contributed by atoms with Crippen LogP contribution in [0.1, 0.15) is 27.8 Å². The number of hydrogen-bond donors (Lipinski definition) is 1. The number of ether oxygens (including phenoxy) is 1. The number of benzene rings is 3. The minimum Gasteiger partial charge on any atom is -0.497 e. The molecule has 27 heavy (non-hydrogen) atoms. The summed E-state index contributed by atoms with van der Waals surface area (Å²) in [7, 11) is 1.67. The van der Waals surface area contributed by atoms with Crippen molar-refractivity contribution < 1.29 is 4.74 Å². The third-order valence-electron chi connectivity index (χ3n) is 4.61. The van der Waals surface area contributed by atoms with Crippen LogP contribution >= 0.6 is 0 Å². The monoisotopic (exact) mass is 355 g/mol. The van der Waals surface area contributed by atoms with E-state index in [9.17, 15) is 0 Å². The van der Waals surface area contributed by atoms with Crippen LogP contribution in [0.3, 0.4) is 0 Å². The van der Waals surface area contributed by atoms with Crippen LogP contribution < -0.4 is 10.2 Å². The van der Waals surface area contributed by atoms with Crippen molar-refractivity contribution in [2.75, 3.05) is 7.11 Å². The van der Waals surface area contributed by atoms with Crippen molar-refractivity contribution in [3.05, 3.63) is 94.5 Å². The average Bonchev–Trinajstić information content (AvgIpc) is 2.88. The first-order valence-electron chi connectivity index (χ1n) is 8.89. The van der Waals surface area contributed by atoms with Crippen LogP contribution in [0.2, 0.25) is 0 Å². The number of hydrogen-bond acceptors (Lipinski definition) is 4. The zero-order valence-corrected chi connectivity index (χ0v) is 15.7. The lowest BCUT2D eigenvalue weighted by atomic mass is 9.99. The van der Waals surface area contributed by atoms with Gasteiger partial charge in [-0.3, -0.25) is 5.43 Å². The van der Waals surface area contributed by atoms with Gasteiger partial charge in [0.1, 0.15) is 11.5 Å². The van der Waals surface area contributed by atoms with Crippen molar-refractivity contribution in [1.29, 1.82) is 0 Å². The summed E-state index contributed by atoms with van der Waals surface area (Å²) in [5.41, 5.74) is 10.2. The summed E-state index contributed by atoms with van der Waals surface area (Å²) in [6.07, 6.45) is 0. The summed E-state index contributed by atoms with van der Waals surface area (Å²) in [6.45, 7) is 4.15. The van der Waals surface area contributed by atoms with Crippen LogP contribution in [0.25, 0.3) is 0 Å². The predicted octanol–water partition coefficient (Wildman–Crippen LogP) is 4.75. The maximum atomic E-state index is 5.43. The lowest BCUT2D eigenvalue weighted by Crippen LogP contribution is -2.19. The zero-order chi connectivity index (χ0) is 18.8. The standard InChI is InChI=1S/C23H21N3O/c1-15-4-8-17(9-5-15)22-20-14-19(27-3)12-13-21(20)24-23(26-25-22)18-10-6-16(2)7-11-18/h4-14H,1-3H3,(H,24,26). The van der Waals surface area contributed by atoms with Crippen molar-refractivity contribution in [1.82, 2.24) is 5.43 Å². The van der Waals surface area contributed by atoms with Crippen LogP contribution in [-0.4, -0.2) is 18.7 Å². The molecule has 0 unspecified atom stereocenters. The number of nitrogens with one attached hydrogen (secondary N) is 1. The second-order valence-corrected chi connectivity index (χ2v) is 6.65. The maximum absolute atomic E-state index is 5.43. The molecule has 0 saturated carbocycles. The van der Waals surface area contributed by atoms with Crippen molar-refractivity contribution in [2.45, 2.75) is 13.8 Å². The van der Waals surface area contributed by atoms with E-state index in [0.29, 0.717) is 0 Å². The Morgan fingerprint density at radius 2 is 1.41 bits per heavy atom. The smallest absolute Gasteiger partial charge is 0.154 e. The molecular formula is C23H21N3O. The lowest BCUT2D eigenvalue weighted by Gasteiger charge is -2.10.